The lowest BCUT2D eigenvalue weighted by molar-refractivity contribution is 0.318. The minimum absolute atomic E-state index is 0. The Labute approximate surface area is 441 Å². The summed E-state index contributed by atoms with van der Waals surface area (Å²) >= 11 is 38.5. The molecule has 0 aliphatic carbocycles. The van der Waals surface area contributed by atoms with Gasteiger partial charge in [0.2, 0.25) is 0 Å². The van der Waals surface area contributed by atoms with E-state index in [0.29, 0.717) is 41.9 Å². The van der Waals surface area contributed by atoms with Crippen LogP contribution in [0.2, 0.25) is 20.1 Å². The summed E-state index contributed by atoms with van der Waals surface area (Å²) in [6.07, 6.45) is 0. The highest BCUT2D eigenvalue weighted by Crippen LogP contribution is 2.32. The van der Waals surface area contributed by atoms with Crippen LogP contribution in [0.4, 0.5) is 17.1 Å². The van der Waals surface area contributed by atoms with Gasteiger partial charge in [-0.1, -0.05) is 102 Å². The first kappa shape index (κ1) is 60.9. The topological polar surface area (TPSA) is 163 Å². The number of anilines is 1. The van der Waals surface area contributed by atoms with Gasteiger partial charge < -0.3 is 41.8 Å². The van der Waals surface area contributed by atoms with Crippen LogP contribution in [0.25, 0.3) is 0 Å². The van der Waals surface area contributed by atoms with Crippen molar-refractivity contribution in [3.8, 4) is 17.2 Å². The average molecular weight is 1260 g/mol. The van der Waals surface area contributed by atoms with Gasteiger partial charge in [0.1, 0.15) is 17.2 Å². The number of benzene rings is 5. The van der Waals surface area contributed by atoms with E-state index < -0.39 is 0 Å². The number of thioether (sulfide) groups is 2. The number of aliphatic hydroxyl groups excluding tert-OH is 1. The monoisotopic (exact) mass is 1250 g/mol. The van der Waals surface area contributed by atoms with E-state index in [9.17, 15) is 0 Å². The molecule has 21 heteroatoms. The number of hydrogen-bond donors (Lipinski definition) is 5. The molecule has 0 atom stereocenters. The molecule has 0 heterocycles. The number of hydrogen-bond acceptors (Lipinski definition) is 9. The molecule has 0 aliphatic heterocycles. The second-order valence-electron chi connectivity index (χ2n) is 11.7. The Morgan fingerprint density at radius 3 is 1.16 bits per heavy atom. The van der Waals surface area contributed by atoms with E-state index in [1.54, 1.807) is 28.3 Å². The molecule has 0 amide bonds. The van der Waals surface area contributed by atoms with Crippen molar-refractivity contribution >= 4 is 180 Å². The molecule has 0 spiro atoms. The zero-order valence-corrected chi connectivity index (χ0v) is 46.5. The fraction of sp³-hybridized carbons (Fsp3) is 0.214. The number of nitrogens with zero attached hydrogens (tertiary/aromatic N) is 2. The first-order chi connectivity index (χ1) is 29.2. The number of alkyl halides is 2. The van der Waals surface area contributed by atoms with Gasteiger partial charge in [-0.3, -0.25) is 0 Å². The van der Waals surface area contributed by atoms with Crippen molar-refractivity contribution in [3.63, 3.8) is 0 Å². The average Bonchev–Trinajstić information content (AvgIpc) is 3.25. The van der Waals surface area contributed by atoms with E-state index in [4.69, 9.17) is 82.9 Å². The molecular formula is C42H48Br4Cl4N6O4S3. The molecule has 0 fully saturated rings. The first-order valence-corrected chi connectivity index (χ1v) is 23.9. The Morgan fingerprint density at radius 2 is 0.889 bits per heavy atom. The van der Waals surface area contributed by atoms with Crippen LogP contribution >= 0.6 is 148 Å². The minimum atomic E-state index is 0. The number of halogens is 8. The van der Waals surface area contributed by atoms with E-state index in [1.807, 2.05) is 97.1 Å². The van der Waals surface area contributed by atoms with Gasteiger partial charge in [-0.05, 0) is 138 Å². The zero-order chi connectivity index (χ0) is 45.3. The predicted octanol–water partition coefficient (Wildman–Crippen LogP) is 14.1. The number of aliphatic imine (C=N–C) groups is 2. The third-order valence-corrected chi connectivity index (χ3v) is 11.9. The fourth-order valence-corrected chi connectivity index (χ4v) is 7.92. The molecule has 0 unspecified atom stereocenters. The maximum absolute atomic E-state index is 7.57. The van der Waals surface area contributed by atoms with Crippen LogP contribution in [-0.2, 0) is 22.2 Å². The molecule has 344 valence electrons. The maximum Gasteiger partial charge on any atom is 0.168 e. The summed E-state index contributed by atoms with van der Waals surface area (Å²) in [6, 6.07) is 29.6. The molecule has 0 radical (unpaired) electrons. The highest BCUT2D eigenvalue weighted by Gasteiger charge is 2.11. The standard InChI is InChI=1S/C24H24Cl2N4O2S2.C8H6Br2Cl2.C8H10N2OS.C2H6O.2BrH/c1-31-19-7-3-17(4-8-19)29-23(27)33-13-15-11-21(25)22(26)12-16(15)14-34-24(28)30-18-5-9-20(32-2)10-6-18;9-3-5-1-7(11)8(12)2-6(5)4-10;1-11-7-4-2-6(3-5-7)10-8(9)12;1-2-3;;/h3-12H,13-14H2,1-2H3,(H2,27,29)(H2,28,30);1-2H,3-4H2;2-5H,1H3,(H3,9,10,12);3H,2H2,1H3;2*1H. The highest BCUT2D eigenvalue weighted by atomic mass is 79.9. The van der Waals surface area contributed by atoms with Gasteiger partial charge in [0, 0.05) is 34.5 Å². The predicted molar refractivity (Wildman–Crippen MR) is 296 cm³/mol. The normalized spacial score (nSPS) is 10.5. The number of ether oxygens (including phenoxy) is 3. The van der Waals surface area contributed by atoms with Crippen LogP contribution in [0.15, 0.2) is 107 Å². The van der Waals surface area contributed by atoms with Gasteiger partial charge in [0.15, 0.2) is 15.4 Å². The highest BCUT2D eigenvalue weighted by molar-refractivity contribution is 9.09. The number of thiocarbonyl (C=S) groups is 1. The Balaban J connectivity index is 0.00000108. The summed E-state index contributed by atoms with van der Waals surface area (Å²) in [5, 5.41) is 15.3. The third kappa shape index (κ3) is 23.8. The van der Waals surface area contributed by atoms with Crippen LogP contribution < -0.4 is 36.7 Å². The van der Waals surface area contributed by atoms with Gasteiger partial charge >= 0.3 is 0 Å². The van der Waals surface area contributed by atoms with Crippen molar-refractivity contribution in [2.24, 2.45) is 27.2 Å². The second kappa shape index (κ2) is 34.2. The molecule has 0 aliphatic rings. The smallest absolute Gasteiger partial charge is 0.168 e. The lowest BCUT2D eigenvalue weighted by atomic mass is 10.1. The first-order valence-electron chi connectivity index (χ1n) is 17.8. The van der Waals surface area contributed by atoms with Crippen molar-refractivity contribution < 1.29 is 19.3 Å². The molecule has 5 rings (SSSR count). The summed E-state index contributed by atoms with van der Waals surface area (Å²) in [5.74, 6) is 3.49. The fourth-order valence-electron chi connectivity index (χ4n) is 4.53. The number of rotatable bonds is 12. The zero-order valence-electron chi connectivity index (χ0n) is 34.4. The van der Waals surface area contributed by atoms with Gasteiger partial charge in [0.05, 0.1) is 52.8 Å². The Hall–Kier alpha value is -2.13. The van der Waals surface area contributed by atoms with E-state index in [1.165, 1.54) is 34.7 Å². The number of nitrogens with two attached hydrogens (primary N) is 3. The lowest BCUT2D eigenvalue weighted by Gasteiger charge is -2.11. The molecule has 5 aromatic rings. The van der Waals surface area contributed by atoms with Crippen LogP contribution in [0.5, 0.6) is 17.2 Å². The third-order valence-electron chi connectivity index (χ3n) is 7.51. The van der Waals surface area contributed by atoms with E-state index >= 15 is 0 Å². The van der Waals surface area contributed by atoms with E-state index in [-0.39, 0.29) is 45.7 Å². The Morgan fingerprint density at radius 1 is 0.603 bits per heavy atom. The molecule has 63 heavy (non-hydrogen) atoms. The Bertz CT molecular complexity index is 2060. The van der Waals surface area contributed by atoms with Gasteiger partial charge in [-0.2, -0.15) is 0 Å². The lowest BCUT2D eigenvalue weighted by Crippen LogP contribution is -2.18. The van der Waals surface area contributed by atoms with Crippen molar-refractivity contribution in [1.29, 1.82) is 0 Å². The number of nitrogens with one attached hydrogen (secondary N) is 1. The van der Waals surface area contributed by atoms with Crippen LogP contribution in [-0.4, -0.2) is 48.5 Å². The van der Waals surface area contributed by atoms with Crippen LogP contribution in [0.1, 0.15) is 29.2 Å². The number of methoxy groups -OCH3 is 3. The van der Waals surface area contributed by atoms with Crippen molar-refractivity contribution in [2.75, 3.05) is 33.3 Å². The van der Waals surface area contributed by atoms with Gasteiger partial charge in [0.25, 0.3) is 0 Å². The SMILES string of the molecule is Br.Br.CCO.COc1ccc(N=C(N)SCc2cc(Cl)c(Cl)cc2CSC(N)=Nc2ccc(OC)cc2)cc1.COc1ccc(NC(N)=S)cc1.Clc1cc(CBr)c(CBr)cc1Cl. The summed E-state index contributed by atoms with van der Waals surface area (Å²) in [4.78, 5) is 8.88. The largest absolute Gasteiger partial charge is 0.497 e. The summed E-state index contributed by atoms with van der Waals surface area (Å²) < 4.78 is 15.3. The number of amidine groups is 2. The van der Waals surface area contributed by atoms with Crippen LogP contribution in [0.3, 0.4) is 0 Å². The summed E-state index contributed by atoms with van der Waals surface area (Å²) in [7, 11) is 4.86. The molecule has 0 aromatic heterocycles. The Kier molecular flexibility index (Phi) is 33.1. The van der Waals surface area contributed by atoms with Crippen molar-refractivity contribution in [2.45, 2.75) is 29.1 Å². The molecule has 5 aromatic carbocycles. The molecule has 10 nitrogen and oxygen atoms in total. The van der Waals surface area contributed by atoms with E-state index in [2.05, 4.69) is 59.4 Å². The molecular weight excluding hydrogens is 1210 g/mol. The van der Waals surface area contributed by atoms with Gasteiger partial charge in [-0.15, -0.1) is 34.0 Å². The molecule has 0 bridgehead atoms. The maximum atomic E-state index is 7.57. The van der Waals surface area contributed by atoms with Crippen molar-refractivity contribution in [1.82, 2.24) is 0 Å². The molecule has 8 N–H and O–H groups in total. The minimum Gasteiger partial charge on any atom is -0.497 e. The summed E-state index contributed by atoms with van der Waals surface area (Å²) in [5.41, 5.74) is 24.3. The van der Waals surface area contributed by atoms with Crippen LogP contribution in [0, 0.1) is 0 Å². The quantitative estimate of drug-likeness (QED) is 0.0350. The number of aliphatic hydroxyl groups is 1. The van der Waals surface area contributed by atoms with Crippen molar-refractivity contribution in [3.05, 3.63) is 139 Å². The molecule has 0 saturated carbocycles. The second-order valence-corrected chi connectivity index (χ2v) is 16.9. The van der Waals surface area contributed by atoms with Gasteiger partial charge in [-0.25, -0.2) is 9.98 Å². The summed E-state index contributed by atoms with van der Waals surface area (Å²) in [6.45, 7) is 1.93. The molecule has 0 saturated heterocycles. The van der Waals surface area contributed by atoms with E-state index in [0.717, 1.165) is 56.1 Å².